The van der Waals surface area contributed by atoms with Gasteiger partial charge in [0.05, 0.1) is 18.4 Å². The van der Waals surface area contributed by atoms with Crippen molar-refractivity contribution in [1.82, 2.24) is 0 Å². The molecule has 3 nitrogen and oxygen atoms in total. The maximum Gasteiger partial charge on any atom is 0.142 e. The van der Waals surface area contributed by atoms with Crippen LogP contribution in [0, 0.1) is 5.92 Å². The van der Waals surface area contributed by atoms with Crippen molar-refractivity contribution in [1.29, 1.82) is 0 Å². The lowest BCUT2D eigenvalue weighted by Crippen LogP contribution is -2.35. The molecule has 0 radical (unpaired) electrons. The molecule has 1 N–H and O–H groups in total. The molecular weight excluding hydrogens is 250 g/mol. The van der Waals surface area contributed by atoms with E-state index in [0.29, 0.717) is 5.92 Å². The third kappa shape index (κ3) is 3.09. The van der Waals surface area contributed by atoms with Crippen molar-refractivity contribution in [2.24, 2.45) is 5.92 Å². The van der Waals surface area contributed by atoms with Gasteiger partial charge in [0.1, 0.15) is 5.75 Å². The number of rotatable bonds is 2. The second-order valence-electron chi connectivity index (χ2n) is 6.08. The summed E-state index contributed by atoms with van der Waals surface area (Å²) in [5, 5.41) is 10.3. The van der Waals surface area contributed by atoms with Gasteiger partial charge in [-0.15, -0.1) is 0 Å². The fraction of sp³-hybridized carbons (Fsp3) is 0.647. The topological polar surface area (TPSA) is 32.7 Å². The van der Waals surface area contributed by atoms with Gasteiger partial charge in [0.15, 0.2) is 0 Å². The fourth-order valence-electron chi connectivity index (χ4n) is 3.45. The summed E-state index contributed by atoms with van der Waals surface area (Å²) < 4.78 is 5.82. The molecule has 20 heavy (non-hydrogen) atoms. The Hall–Kier alpha value is -1.22. The van der Waals surface area contributed by atoms with Crippen molar-refractivity contribution >= 4 is 5.69 Å². The van der Waals surface area contributed by atoms with E-state index in [4.69, 9.17) is 4.74 Å². The van der Waals surface area contributed by atoms with Crippen molar-refractivity contribution < 1.29 is 9.84 Å². The molecule has 0 bridgehead atoms. The number of hydrogen-bond donors (Lipinski definition) is 1. The Bertz CT molecular complexity index is 435. The van der Waals surface area contributed by atoms with E-state index in [2.05, 4.69) is 23.1 Å². The van der Waals surface area contributed by atoms with Crippen molar-refractivity contribution in [3.05, 3.63) is 24.3 Å². The minimum atomic E-state index is -0.131. The van der Waals surface area contributed by atoms with Crippen LogP contribution in [0.4, 0.5) is 5.69 Å². The zero-order valence-electron chi connectivity index (χ0n) is 12.1. The number of fused-ring (bicyclic) bond motifs is 1. The summed E-state index contributed by atoms with van der Waals surface area (Å²) in [6.45, 7) is 2.78. The first-order chi connectivity index (χ1) is 9.84. The maximum atomic E-state index is 10.3. The highest BCUT2D eigenvalue weighted by Crippen LogP contribution is 2.33. The van der Waals surface area contributed by atoms with E-state index in [0.717, 1.165) is 44.7 Å². The van der Waals surface area contributed by atoms with Crippen molar-refractivity contribution in [2.75, 3.05) is 24.6 Å². The summed E-state index contributed by atoms with van der Waals surface area (Å²) in [4.78, 5) is 2.42. The van der Waals surface area contributed by atoms with Crippen LogP contribution in [0.5, 0.6) is 5.75 Å². The van der Waals surface area contributed by atoms with Crippen LogP contribution in [-0.2, 0) is 0 Å². The predicted octanol–water partition coefficient (Wildman–Crippen LogP) is 3.22. The first kappa shape index (κ1) is 13.7. The van der Waals surface area contributed by atoms with Crippen LogP contribution in [0.25, 0.3) is 0 Å². The number of aliphatic hydroxyl groups is 1. The summed E-state index contributed by atoms with van der Waals surface area (Å²) in [6, 6.07) is 8.30. The SMILES string of the molecule is OC1CCCCCC1CN1CCCOc2ccccc21. The van der Waals surface area contributed by atoms with Crippen LogP contribution in [0.3, 0.4) is 0 Å². The van der Waals surface area contributed by atoms with E-state index in [-0.39, 0.29) is 6.10 Å². The lowest BCUT2D eigenvalue weighted by molar-refractivity contribution is 0.103. The number of anilines is 1. The third-order valence-electron chi connectivity index (χ3n) is 4.61. The molecule has 1 aromatic rings. The lowest BCUT2D eigenvalue weighted by atomic mass is 9.96. The van der Waals surface area contributed by atoms with E-state index in [1.54, 1.807) is 0 Å². The Morgan fingerprint density at radius 2 is 1.95 bits per heavy atom. The van der Waals surface area contributed by atoms with E-state index in [1.807, 2.05) is 6.07 Å². The molecule has 2 aliphatic rings. The van der Waals surface area contributed by atoms with Crippen molar-refractivity contribution in [2.45, 2.75) is 44.6 Å². The highest BCUT2D eigenvalue weighted by Gasteiger charge is 2.25. The first-order valence-corrected chi connectivity index (χ1v) is 7.99. The molecule has 3 heteroatoms. The third-order valence-corrected chi connectivity index (χ3v) is 4.61. The first-order valence-electron chi connectivity index (χ1n) is 7.99. The average Bonchev–Trinajstić information content (AvgIpc) is 2.79. The number of aliphatic hydroxyl groups excluding tert-OH is 1. The summed E-state index contributed by atoms with van der Waals surface area (Å²) >= 11 is 0. The van der Waals surface area contributed by atoms with Gasteiger partial charge in [0.25, 0.3) is 0 Å². The van der Waals surface area contributed by atoms with Gasteiger partial charge in [0, 0.05) is 19.0 Å². The Labute approximate surface area is 121 Å². The molecule has 1 aliphatic carbocycles. The number of nitrogens with zero attached hydrogens (tertiary/aromatic N) is 1. The second-order valence-corrected chi connectivity index (χ2v) is 6.08. The monoisotopic (exact) mass is 275 g/mol. The summed E-state index contributed by atoms with van der Waals surface area (Å²) in [6.07, 6.45) is 6.75. The number of hydrogen-bond acceptors (Lipinski definition) is 3. The molecule has 0 amide bonds. The highest BCUT2D eigenvalue weighted by atomic mass is 16.5. The van der Waals surface area contributed by atoms with Crippen LogP contribution in [0.1, 0.15) is 38.5 Å². The molecular formula is C17H25NO2. The molecule has 2 atom stereocenters. The minimum Gasteiger partial charge on any atom is -0.491 e. The smallest absolute Gasteiger partial charge is 0.142 e. The van der Waals surface area contributed by atoms with Crippen LogP contribution in [0.15, 0.2) is 24.3 Å². The summed E-state index contributed by atoms with van der Waals surface area (Å²) in [5.41, 5.74) is 1.20. The van der Waals surface area contributed by atoms with Gasteiger partial charge in [-0.05, 0) is 31.4 Å². The molecule has 1 aromatic carbocycles. The van der Waals surface area contributed by atoms with Crippen molar-refractivity contribution in [3.8, 4) is 5.75 Å². The van der Waals surface area contributed by atoms with E-state index >= 15 is 0 Å². The zero-order chi connectivity index (χ0) is 13.8. The predicted molar refractivity (Wildman–Crippen MR) is 81.3 cm³/mol. The van der Waals surface area contributed by atoms with E-state index in [1.165, 1.54) is 24.9 Å². The fourth-order valence-corrected chi connectivity index (χ4v) is 3.45. The quantitative estimate of drug-likeness (QED) is 0.841. The van der Waals surface area contributed by atoms with Crippen LogP contribution >= 0.6 is 0 Å². The molecule has 3 rings (SSSR count). The van der Waals surface area contributed by atoms with Gasteiger partial charge in [0.2, 0.25) is 0 Å². The van der Waals surface area contributed by atoms with Crippen molar-refractivity contribution in [3.63, 3.8) is 0 Å². The van der Waals surface area contributed by atoms with E-state index < -0.39 is 0 Å². The summed E-state index contributed by atoms with van der Waals surface area (Å²) in [5.74, 6) is 1.40. The van der Waals surface area contributed by atoms with Crippen LogP contribution in [0.2, 0.25) is 0 Å². The normalized spacial score (nSPS) is 27.1. The van der Waals surface area contributed by atoms with Gasteiger partial charge in [-0.2, -0.15) is 0 Å². The Morgan fingerprint density at radius 1 is 1.10 bits per heavy atom. The van der Waals surface area contributed by atoms with Crippen LogP contribution < -0.4 is 9.64 Å². The number of ether oxygens (including phenoxy) is 1. The molecule has 1 aliphatic heterocycles. The van der Waals surface area contributed by atoms with Gasteiger partial charge in [-0.3, -0.25) is 0 Å². The summed E-state index contributed by atoms with van der Waals surface area (Å²) in [7, 11) is 0. The highest BCUT2D eigenvalue weighted by molar-refractivity contribution is 5.59. The lowest BCUT2D eigenvalue weighted by Gasteiger charge is -2.30. The van der Waals surface area contributed by atoms with E-state index in [9.17, 15) is 5.11 Å². The van der Waals surface area contributed by atoms with Crippen LogP contribution in [-0.4, -0.2) is 30.9 Å². The Morgan fingerprint density at radius 3 is 2.90 bits per heavy atom. The largest absolute Gasteiger partial charge is 0.491 e. The molecule has 1 saturated carbocycles. The minimum absolute atomic E-state index is 0.131. The zero-order valence-corrected chi connectivity index (χ0v) is 12.1. The van der Waals surface area contributed by atoms with Gasteiger partial charge in [-0.1, -0.05) is 31.4 Å². The van der Waals surface area contributed by atoms with Gasteiger partial charge >= 0.3 is 0 Å². The van der Waals surface area contributed by atoms with Gasteiger partial charge in [-0.25, -0.2) is 0 Å². The standard InChI is InChI=1S/C17H25NO2/c19-16-9-3-1-2-7-14(16)13-18-11-6-12-20-17-10-5-4-8-15(17)18/h4-5,8,10,14,16,19H,1-3,6-7,9,11-13H2. The molecule has 110 valence electrons. The molecule has 2 unspecified atom stereocenters. The Kier molecular flexibility index (Phi) is 4.46. The molecule has 1 fully saturated rings. The maximum absolute atomic E-state index is 10.3. The number of benzene rings is 1. The second kappa shape index (κ2) is 6.49. The number of para-hydroxylation sites is 2. The van der Waals surface area contributed by atoms with Gasteiger partial charge < -0.3 is 14.7 Å². The molecule has 0 aromatic heterocycles. The molecule has 0 saturated heterocycles. The molecule has 0 spiro atoms. The average molecular weight is 275 g/mol. The Balaban J connectivity index is 1.75. The molecule has 1 heterocycles.